The van der Waals surface area contributed by atoms with Crippen molar-refractivity contribution in [3.63, 3.8) is 0 Å². The van der Waals surface area contributed by atoms with E-state index in [1.54, 1.807) is 6.20 Å². The minimum absolute atomic E-state index is 0.113. The lowest BCUT2D eigenvalue weighted by molar-refractivity contribution is -0.000287. The number of halogens is 1. The summed E-state index contributed by atoms with van der Waals surface area (Å²) in [6, 6.07) is 8.23. The Morgan fingerprint density at radius 1 is 1.29 bits per heavy atom. The molecule has 1 aliphatic heterocycles. The van der Waals surface area contributed by atoms with Gasteiger partial charge in [0.25, 0.3) is 0 Å². The lowest BCUT2D eigenvalue weighted by Crippen LogP contribution is -2.36. The van der Waals surface area contributed by atoms with Gasteiger partial charge in [-0.2, -0.15) is 0 Å². The molecule has 0 saturated carbocycles. The van der Waals surface area contributed by atoms with Gasteiger partial charge in [-0.1, -0.05) is 17.7 Å². The molecule has 4 heterocycles. The maximum absolute atomic E-state index is 6.09. The van der Waals surface area contributed by atoms with Gasteiger partial charge in [0.15, 0.2) is 0 Å². The van der Waals surface area contributed by atoms with Gasteiger partial charge >= 0.3 is 0 Å². The van der Waals surface area contributed by atoms with Crippen LogP contribution in [0.25, 0.3) is 5.65 Å². The Kier molecular flexibility index (Phi) is 4.47. The van der Waals surface area contributed by atoms with Crippen molar-refractivity contribution in [2.24, 2.45) is 0 Å². The maximum Gasteiger partial charge on any atom is 0.137 e. The summed E-state index contributed by atoms with van der Waals surface area (Å²) in [6.07, 6.45) is 9.55. The van der Waals surface area contributed by atoms with Crippen molar-refractivity contribution in [3.8, 4) is 0 Å². The summed E-state index contributed by atoms with van der Waals surface area (Å²) in [5.41, 5.74) is 3.17. The molecule has 124 valence electrons. The molecule has 0 spiro atoms. The van der Waals surface area contributed by atoms with Crippen LogP contribution < -0.4 is 5.32 Å². The summed E-state index contributed by atoms with van der Waals surface area (Å²) < 4.78 is 7.94. The second kappa shape index (κ2) is 6.89. The van der Waals surface area contributed by atoms with Crippen LogP contribution in [0, 0.1) is 0 Å². The molecule has 3 aromatic rings. The molecule has 0 aromatic carbocycles. The van der Waals surface area contributed by atoms with Crippen LogP contribution in [0.3, 0.4) is 0 Å². The van der Waals surface area contributed by atoms with Crippen molar-refractivity contribution in [1.82, 2.24) is 19.7 Å². The number of aromatic nitrogens is 3. The molecule has 0 amide bonds. The number of hydrogen-bond donors (Lipinski definition) is 1. The van der Waals surface area contributed by atoms with Gasteiger partial charge in [-0.15, -0.1) is 0 Å². The highest BCUT2D eigenvalue weighted by molar-refractivity contribution is 6.30. The first-order valence-corrected chi connectivity index (χ1v) is 8.54. The zero-order chi connectivity index (χ0) is 16.4. The third-order valence-corrected chi connectivity index (χ3v) is 4.68. The van der Waals surface area contributed by atoms with Crippen LogP contribution in [0.2, 0.25) is 5.02 Å². The topological polar surface area (TPSA) is 51.5 Å². The minimum Gasteiger partial charge on any atom is -0.373 e. The summed E-state index contributed by atoms with van der Waals surface area (Å²) >= 11 is 6.09. The Balaban J connectivity index is 1.42. The first kappa shape index (κ1) is 15.6. The Morgan fingerprint density at radius 3 is 3.12 bits per heavy atom. The summed E-state index contributed by atoms with van der Waals surface area (Å²) in [5, 5.41) is 4.34. The largest absolute Gasteiger partial charge is 0.373 e. The molecule has 1 fully saturated rings. The van der Waals surface area contributed by atoms with E-state index >= 15 is 0 Å². The third kappa shape index (κ3) is 3.29. The fourth-order valence-corrected chi connectivity index (χ4v) is 3.33. The molecule has 2 atom stereocenters. The first-order valence-electron chi connectivity index (χ1n) is 8.16. The highest BCUT2D eigenvalue weighted by Crippen LogP contribution is 2.27. The Hall–Kier alpha value is -1.95. The van der Waals surface area contributed by atoms with E-state index in [-0.39, 0.29) is 6.10 Å². The monoisotopic (exact) mass is 342 g/mol. The van der Waals surface area contributed by atoms with E-state index in [0.29, 0.717) is 11.1 Å². The molecule has 4 rings (SSSR count). The van der Waals surface area contributed by atoms with Gasteiger partial charge in [0.1, 0.15) is 5.65 Å². The Morgan fingerprint density at radius 2 is 2.25 bits per heavy atom. The molecule has 3 aromatic heterocycles. The number of fused-ring (bicyclic) bond motifs is 1. The molecule has 0 radical (unpaired) electrons. The second-order valence-electron chi connectivity index (χ2n) is 6.07. The molecule has 6 heteroatoms. The van der Waals surface area contributed by atoms with Gasteiger partial charge in [0, 0.05) is 37.8 Å². The van der Waals surface area contributed by atoms with Gasteiger partial charge in [-0.05, 0) is 36.6 Å². The van der Waals surface area contributed by atoms with Gasteiger partial charge in [-0.25, -0.2) is 4.98 Å². The normalized spacial score (nSPS) is 21.2. The number of pyridine rings is 2. The van der Waals surface area contributed by atoms with Crippen molar-refractivity contribution in [1.29, 1.82) is 0 Å². The summed E-state index contributed by atoms with van der Waals surface area (Å²) in [7, 11) is 0. The Bertz CT molecular complexity index is 820. The Labute approximate surface area is 145 Å². The van der Waals surface area contributed by atoms with E-state index in [0.717, 1.165) is 42.9 Å². The van der Waals surface area contributed by atoms with E-state index in [1.807, 2.05) is 41.2 Å². The standard InChI is InChI=1S/C18H19ClN4O/c19-14-3-4-18-22-11-16(23(18)12-14)10-21-15-5-7-24-17(8-15)13-2-1-6-20-9-13/h1-4,6,9,11-12,15,17,21H,5,7-8,10H2/t15-,17-/m1/s1. The maximum atomic E-state index is 6.09. The number of nitrogens with one attached hydrogen (secondary N) is 1. The van der Waals surface area contributed by atoms with Crippen LogP contribution in [0.5, 0.6) is 0 Å². The van der Waals surface area contributed by atoms with E-state index in [4.69, 9.17) is 16.3 Å². The van der Waals surface area contributed by atoms with Crippen LogP contribution >= 0.6 is 11.6 Å². The number of ether oxygens (including phenoxy) is 1. The van der Waals surface area contributed by atoms with Crippen LogP contribution in [-0.2, 0) is 11.3 Å². The van der Waals surface area contributed by atoms with Crippen LogP contribution in [0.4, 0.5) is 0 Å². The van der Waals surface area contributed by atoms with Crippen molar-refractivity contribution < 1.29 is 4.74 Å². The molecule has 1 aliphatic rings. The first-order chi connectivity index (χ1) is 11.8. The van der Waals surface area contributed by atoms with E-state index in [9.17, 15) is 0 Å². The zero-order valence-corrected chi connectivity index (χ0v) is 14.0. The lowest BCUT2D eigenvalue weighted by atomic mass is 9.98. The minimum atomic E-state index is 0.113. The lowest BCUT2D eigenvalue weighted by Gasteiger charge is -2.30. The average molecular weight is 343 g/mol. The number of rotatable bonds is 4. The van der Waals surface area contributed by atoms with Crippen molar-refractivity contribution in [3.05, 3.63) is 65.3 Å². The second-order valence-corrected chi connectivity index (χ2v) is 6.51. The summed E-state index contributed by atoms with van der Waals surface area (Å²) in [6.45, 7) is 1.52. The van der Waals surface area contributed by atoms with E-state index in [1.165, 1.54) is 0 Å². The molecule has 0 aliphatic carbocycles. The fourth-order valence-electron chi connectivity index (χ4n) is 3.17. The smallest absolute Gasteiger partial charge is 0.137 e. The third-order valence-electron chi connectivity index (χ3n) is 4.46. The molecule has 0 unspecified atom stereocenters. The van der Waals surface area contributed by atoms with E-state index in [2.05, 4.69) is 21.4 Å². The number of hydrogen-bond acceptors (Lipinski definition) is 4. The highest BCUT2D eigenvalue weighted by Gasteiger charge is 2.23. The summed E-state index contributed by atoms with van der Waals surface area (Å²) in [5.74, 6) is 0. The van der Waals surface area contributed by atoms with Gasteiger partial charge < -0.3 is 14.5 Å². The SMILES string of the molecule is Clc1ccc2ncc(CN[C@@H]3CCO[C@@H](c4cccnc4)C3)n2c1. The molecular weight excluding hydrogens is 324 g/mol. The number of imidazole rings is 1. The fraction of sp³-hybridized carbons (Fsp3) is 0.333. The molecule has 24 heavy (non-hydrogen) atoms. The number of nitrogens with zero attached hydrogens (tertiary/aromatic N) is 3. The molecule has 0 bridgehead atoms. The predicted octanol–water partition coefficient (Wildman–Crippen LogP) is 3.39. The van der Waals surface area contributed by atoms with Crippen LogP contribution in [0.15, 0.2) is 49.1 Å². The van der Waals surface area contributed by atoms with Crippen LogP contribution in [-0.4, -0.2) is 27.0 Å². The zero-order valence-electron chi connectivity index (χ0n) is 13.2. The highest BCUT2D eigenvalue weighted by atomic mass is 35.5. The van der Waals surface area contributed by atoms with Crippen molar-refractivity contribution in [2.45, 2.75) is 31.5 Å². The molecule has 5 nitrogen and oxygen atoms in total. The predicted molar refractivity (Wildman–Crippen MR) is 93.0 cm³/mol. The van der Waals surface area contributed by atoms with Crippen molar-refractivity contribution >= 4 is 17.2 Å². The van der Waals surface area contributed by atoms with Gasteiger partial charge in [0.05, 0.1) is 23.0 Å². The summed E-state index contributed by atoms with van der Waals surface area (Å²) in [4.78, 5) is 8.61. The van der Waals surface area contributed by atoms with Crippen molar-refractivity contribution in [2.75, 3.05) is 6.61 Å². The van der Waals surface area contributed by atoms with E-state index < -0.39 is 0 Å². The van der Waals surface area contributed by atoms with Crippen LogP contribution in [0.1, 0.15) is 30.2 Å². The van der Waals surface area contributed by atoms with Gasteiger partial charge in [-0.3, -0.25) is 4.98 Å². The van der Waals surface area contributed by atoms with Gasteiger partial charge in [0.2, 0.25) is 0 Å². The quantitative estimate of drug-likeness (QED) is 0.789. The molecule has 1 saturated heterocycles. The molecule has 1 N–H and O–H groups in total. The molecular formula is C18H19ClN4O. The average Bonchev–Trinajstić information content (AvgIpc) is 3.03.